The largest absolute Gasteiger partial charge is 0.444 e. The van der Waals surface area contributed by atoms with E-state index in [9.17, 15) is 9.59 Å². The molecule has 8 nitrogen and oxygen atoms in total. The van der Waals surface area contributed by atoms with Gasteiger partial charge in [0.2, 0.25) is 0 Å². The van der Waals surface area contributed by atoms with Crippen LogP contribution in [0.2, 0.25) is 0 Å². The predicted molar refractivity (Wildman–Crippen MR) is 139 cm³/mol. The SMILES string of the molecule is C=CCN(C(=O)OCc1ccccc1)c1ccc(N2CCOC3CN(C(=O)OC(C)(C)C)CC32)cc1. The van der Waals surface area contributed by atoms with Crippen LogP contribution in [0, 0.1) is 0 Å². The van der Waals surface area contributed by atoms with Crippen LogP contribution >= 0.6 is 0 Å². The number of carbonyl (C=O) groups is 2. The van der Waals surface area contributed by atoms with Crippen LogP contribution in [0.4, 0.5) is 21.0 Å². The van der Waals surface area contributed by atoms with Gasteiger partial charge in [0, 0.05) is 31.0 Å². The monoisotopic (exact) mass is 493 g/mol. The van der Waals surface area contributed by atoms with E-state index in [1.807, 2.05) is 75.4 Å². The number of hydrogen-bond donors (Lipinski definition) is 0. The highest BCUT2D eigenvalue weighted by atomic mass is 16.6. The lowest BCUT2D eigenvalue weighted by atomic mass is 10.1. The zero-order valence-electron chi connectivity index (χ0n) is 21.3. The molecule has 0 saturated carbocycles. The van der Waals surface area contributed by atoms with Gasteiger partial charge in [0.1, 0.15) is 12.2 Å². The van der Waals surface area contributed by atoms with Crippen molar-refractivity contribution in [2.45, 2.75) is 45.1 Å². The van der Waals surface area contributed by atoms with Crippen LogP contribution in [-0.4, -0.2) is 67.6 Å². The Bertz CT molecular complexity index is 1050. The Kier molecular flexibility index (Phi) is 7.84. The number of morpholine rings is 1. The van der Waals surface area contributed by atoms with Crippen molar-refractivity contribution in [2.75, 3.05) is 42.6 Å². The van der Waals surface area contributed by atoms with Crippen molar-refractivity contribution < 1.29 is 23.8 Å². The van der Waals surface area contributed by atoms with Gasteiger partial charge in [-0.15, -0.1) is 6.58 Å². The van der Waals surface area contributed by atoms with Crippen molar-refractivity contribution in [3.63, 3.8) is 0 Å². The molecule has 4 rings (SSSR count). The van der Waals surface area contributed by atoms with Gasteiger partial charge < -0.3 is 24.0 Å². The van der Waals surface area contributed by atoms with E-state index in [0.717, 1.165) is 23.5 Å². The fourth-order valence-corrected chi connectivity index (χ4v) is 4.52. The van der Waals surface area contributed by atoms with Gasteiger partial charge in [-0.3, -0.25) is 4.90 Å². The smallest absolute Gasteiger partial charge is 0.414 e. The van der Waals surface area contributed by atoms with Gasteiger partial charge in [0.05, 0.1) is 25.3 Å². The van der Waals surface area contributed by atoms with Crippen LogP contribution in [0.25, 0.3) is 0 Å². The van der Waals surface area contributed by atoms with E-state index in [4.69, 9.17) is 14.2 Å². The molecule has 2 fully saturated rings. The van der Waals surface area contributed by atoms with Crippen LogP contribution in [0.15, 0.2) is 67.3 Å². The van der Waals surface area contributed by atoms with E-state index in [0.29, 0.717) is 26.2 Å². The Labute approximate surface area is 213 Å². The molecule has 36 heavy (non-hydrogen) atoms. The number of nitrogens with zero attached hydrogens (tertiary/aromatic N) is 3. The number of anilines is 2. The summed E-state index contributed by atoms with van der Waals surface area (Å²) in [5, 5.41) is 0. The summed E-state index contributed by atoms with van der Waals surface area (Å²) in [6.45, 7) is 12.3. The predicted octanol–water partition coefficient (Wildman–Crippen LogP) is 4.84. The lowest BCUT2D eigenvalue weighted by Crippen LogP contribution is -2.51. The van der Waals surface area contributed by atoms with Crippen molar-refractivity contribution >= 4 is 23.6 Å². The van der Waals surface area contributed by atoms with Gasteiger partial charge in [-0.2, -0.15) is 0 Å². The van der Waals surface area contributed by atoms with Crippen molar-refractivity contribution in [1.82, 2.24) is 4.90 Å². The first-order chi connectivity index (χ1) is 17.2. The van der Waals surface area contributed by atoms with Gasteiger partial charge in [-0.05, 0) is 50.6 Å². The second-order valence-corrected chi connectivity index (χ2v) is 10.0. The van der Waals surface area contributed by atoms with Crippen LogP contribution in [0.3, 0.4) is 0 Å². The third-order valence-electron chi connectivity index (χ3n) is 6.18. The highest BCUT2D eigenvalue weighted by Crippen LogP contribution is 2.30. The van der Waals surface area contributed by atoms with Gasteiger partial charge in [-0.1, -0.05) is 36.4 Å². The molecule has 0 bridgehead atoms. The topological polar surface area (TPSA) is 71.6 Å². The minimum Gasteiger partial charge on any atom is -0.444 e. The standard InChI is InChI=1S/C28H35N3O5/c1-5-15-31(27(33)35-20-21-9-7-6-8-10-21)23-13-11-22(12-14-23)30-16-17-34-25-19-29(18-24(25)30)26(32)36-28(2,3)4/h5-14,24-25H,1,15-20H2,2-4H3. The normalized spacial score (nSPS) is 19.4. The first kappa shape index (κ1) is 25.6. The third-order valence-corrected chi connectivity index (χ3v) is 6.18. The maximum Gasteiger partial charge on any atom is 0.414 e. The molecule has 0 aromatic heterocycles. The van der Waals surface area contributed by atoms with Crippen molar-refractivity contribution in [2.24, 2.45) is 0 Å². The van der Waals surface area contributed by atoms with Crippen LogP contribution in [0.5, 0.6) is 0 Å². The van der Waals surface area contributed by atoms with E-state index < -0.39 is 11.7 Å². The number of amides is 2. The first-order valence-corrected chi connectivity index (χ1v) is 12.3. The summed E-state index contributed by atoms with van der Waals surface area (Å²) < 4.78 is 17.1. The fourth-order valence-electron chi connectivity index (χ4n) is 4.52. The van der Waals surface area contributed by atoms with E-state index >= 15 is 0 Å². The Morgan fingerprint density at radius 3 is 2.50 bits per heavy atom. The summed E-state index contributed by atoms with van der Waals surface area (Å²) in [6, 6.07) is 17.4. The fraction of sp³-hybridized carbons (Fsp3) is 0.429. The molecule has 0 spiro atoms. The molecule has 0 radical (unpaired) electrons. The average Bonchev–Trinajstić information content (AvgIpc) is 3.31. The number of hydrogen-bond acceptors (Lipinski definition) is 6. The highest BCUT2D eigenvalue weighted by Gasteiger charge is 2.43. The second-order valence-electron chi connectivity index (χ2n) is 10.0. The molecule has 2 unspecified atom stereocenters. The van der Waals surface area contributed by atoms with Crippen LogP contribution in [-0.2, 0) is 20.8 Å². The summed E-state index contributed by atoms with van der Waals surface area (Å²) >= 11 is 0. The number of benzene rings is 2. The zero-order chi connectivity index (χ0) is 25.7. The Balaban J connectivity index is 1.43. The second kappa shape index (κ2) is 11.0. The lowest BCUT2D eigenvalue weighted by Gasteiger charge is -2.38. The summed E-state index contributed by atoms with van der Waals surface area (Å²) in [5.41, 5.74) is 2.13. The molecule has 2 aromatic rings. The molecule has 2 aliphatic rings. The molecule has 0 N–H and O–H groups in total. The molecule has 2 aliphatic heterocycles. The summed E-state index contributed by atoms with van der Waals surface area (Å²) in [7, 11) is 0. The first-order valence-electron chi connectivity index (χ1n) is 12.3. The van der Waals surface area contributed by atoms with Gasteiger partial charge in [0.15, 0.2) is 0 Å². The number of rotatable bonds is 6. The number of fused-ring (bicyclic) bond motifs is 1. The molecule has 2 amide bonds. The molecule has 2 atom stereocenters. The van der Waals surface area contributed by atoms with E-state index in [1.54, 1.807) is 15.9 Å². The molecule has 2 saturated heterocycles. The Hall–Kier alpha value is -3.52. The van der Waals surface area contributed by atoms with Crippen molar-refractivity contribution in [3.05, 3.63) is 72.8 Å². The van der Waals surface area contributed by atoms with Gasteiger partial charge in [-0.25, -0.2) is 9.59 Å². The quantitative estimate of drug-likeness (QED) is 0.537. The van der Waals surface area contributed by atoms with E-state index in [2.05, 4.69) is 11.5 Å². The van der Waals surface area contributed by atoms with E-state index in [-0.39, 0.29) is 24.8 Å². The maximum atomic E-state index is 12.8. The summed E-state index contributed by atoms with van der Waals surface area (Å²) in [4.78, 5) is 31.0. The maximum absolute atomic E-state index is 12.8. The highest BCUT2D eigenvalue weighted by molar-refractivity contribution is 5.88. The number of carbonyl (C=O) groups excluding carboxylic acids is 2. The molecule has 2 aromatic carbocycles. The minimum absolute atomic E-state index is 0.0391. The molecule has 8 heteroatoms. The number of ether oxygens (including phenoxy) is 3. The Morgan fingerprint density at radius 1 is 1.11 bits per heavy atom. The molecule has 2 heterocycles. The lowest BCUT2D eigenvalue weighted by molar-refractivity contribution is 0.0163. The molecular formula is C28H35N3O5. The molecule has 0 aliphatic carbocycles. The van der Waals surface area contributed by atoms with Crippen LogP contribution in [0.1, 0.15) is 26.3 Å². The summed E-state index contributed by atoms with van der Waals surface area (Å²) in [5.74, 6) is 0. The van der Waals surface area contributed by atoms with E-state index in [1.165, 1.54) is 0 Å². The van der Waals surface area contributed by atoms with Gasteiger partial charge in [0.25, 0.3) is 0 Å². The third kappa shape index (κ3) is 6.18. The van der Waals surface area contributed by atoms with Crippen LogP contribution < -0.4 is 9.80 Å². The minimum atomic E-state index is -0.541. The van der Waals surface area contributed by atoms with Crippen molar-refractivity contribution in [3.8, 4) is 0 Å². The molecular weight excluding hydrogens is 458 g/mol. The zero-order valence-corrected chi connectivity index (χ0v) is 21.3. The van der Waals surface area contributed by atoms with Crippen molar-refractivity contribution in [1.29, 1.82) is 0 Å². The van der Waals surface area contributed by atoms with Gasteiger partial charge >= 0.3 is 12.2 Å². The average molecular weight is 494 g/mol. The number of likely N-dealkylation sites (tertiary alicyclic amines) is 1. The Morgan fingerprint density at radius 2 is 1.83 bits per heavy atom. The molecule has 192 valence electrons. The summed E-state index contributed by atoms with van der Waals surface area (Å²) in [6.07, 6.45) is 0.858.